The number of carbonyl (C=O) groups is 2. The van der Waals surface area contributed by atoms with Crippen LogP contribution in [0.15, 0.2) is 51.4 Å². The fourth-order valence-corrected chi connectivity index (χ4v) is 5.76. The predicted molar refractivity (Wildman–Crippen MR) is 154 cm³/mol. The number of carbonyl (C=O) groups excluding carboxylic acids is 2. The minimum absolute atomic E-state index is 0.0350. The van der Waals surface area contributed by atoms with Crippen LogP contribution in [-0.4, -0.2) is 48.5 Å². The van der Waals surface area contributed by atoms with Gasteiger partial charge in [-0.15, -0.1) is 0 Å². The lowest BCUT2D eigenvalue weighted by Crippen LogP contribution is -2.40. The van der Waals surface area contributed by atoms with Gasteiger partial charge in [-0.05, 0) is 62.2 Å². The summed E-state index contributed by atoms with van der Waals surface area (Å²) < 4.78 is 23.0. The Morgan fingerprint density at radius 3 is 2.44 bits per heavy atom. The number of phenolic OH excluding ortho intramolecular Hbond substituents is 1. The van der Waals surface area contributed by atoms with Crippen LogP contribution in [0.2, 0.25) is 10.0 Å². The van der Waals surface area contributed by atoms with E-state index in [0.717, 1.165) is 11.3 Å². The lowest BCUT2D eigenvalue weighted by molar-refractivity contribution is -0.143. The van der Waals surface area contributed by atoms with Crippen molar-refractivity contribution in [2.45, 2.75) is 26.8 Å². The lowest BCUT2D eigenvalue weighted by Gasteiger charge is -2.25. The van der Waals surface area contributed by atoms with E-state index in [-0.39, 0.29) is 46.9 Å². The zero-order valence-corrected chi connectivity index (χ0v) is 24.9. The molecule has 0 amide bonds. The highest BCUT2D eigenvalue weighted by molar-refractivity contribution is 7.07. The molecule has 10 nitrogen and oxygen atoms in total. The number of halogens is 2. The van der Waals surface area contributed by atoms with E-state index >= 15 is 0 Å². The topological polar surface area (TPSA) is 126 Å². The van der Waals surface area contributed by atoms with Crippen LogP contribution in [0, 0.1) is 0 Å². The fraction of sp³-hybridized carbons (Fsp3) is 0.286. The van der Waals surface area contributed by atoms with E-state index in [0.29, 0.717) is 31.9 Å². The summed E-state index contributed by atoms with van der Waals surface area (Å²) in [7, 11) is 1.25. The fourth-order valence-electron chi connectivity index (χ4n) is 4.20. The average molecular weight is 621 g/mol. The van der Waals surface area contributed by atoms with E-state index in [4.69, 9.17) is 37.4 Å². The second kappa shape index (κ2) is 12.8. The van der Waals surface area contributed by atoms with Gasteiger partial charge in [0.25, 0.3) is 5.56 Å². The number of aromatic hydroxyl groups is 1. The van der Waals surface area contributed by atoms with E-state index in [1.54, 1.807) is 45.0 Å². The molecular weight excluding hydrogens is 595 g/mol. The number of hydrogen-bond donors (Lipinski definition) is 1. The second-order valence-electron chi connectivity index (χ2n) is 8.64. The van der Waals surface area contributed by atoms with E-state index in [1.165, 1.54) is 23.8 Å². The van der Waals surface area contributed by atoms with Crippen molar-refractivity contribution in [1.82, 2.24) is 4.57 Å². The summed E-state index contributed by atoms with van der Waals surface area (Å²) >= 11 is 13.3. The van der Waals surface area contributed by atoms with Gasteiger partial charge in [0.1, 0.15) is 0 Å². The molecule has 3 aromatic rings. The first kappa shape index (κ1) is 30.2. The van der Waals surface area contributed by atoms with Crippen molar-refractivity contribution in [3.05, 3.63) is 82.5 Å². The van der Waals surface area contributed by atoms with Crippen LogP contribution in [0.4, 0.5) is 0 Å². The van der Waals surface area contributed by atoms with Crippen molar-refractivity contribution in [1.29, 1.82) is 0 Å². The minimum Gasteiger partial charge on any atom is -0.505 e. The number of methoxy groups -OCH3 is 1. The summed E-state index contributed by atoms with van der Waals surface area (Å²) in [4.78, 5) is 43.6. The molecule has 1 N–H and O–H groups in total. The third kappa shape index (κ3) is 6.27. The van der Waals surface area contributed by atoms with Gasteiger partial charge < -0.3 is 24.1 Å². The Morgan fingerprint density at radius 1 is 1.10 bits per heavy atom. The Hall–Kier alpha value is -3.80. The number of ether oxygens (including phenoxy) is 4. The zero-order valence-electron chi connectivity index (χ0n) is 22.5. The molecule has 1 aliphatic rings. The summed E-state index contributed by atoms with van der Waals surface area (Å²) in [6.07, 6.45) is 1.58. The Morgan fingerprint density at radius 2 is 1.80 bits per heavy atom. The van der Waals surface area contributed by atoms with E-state index in [1.807, 2.05) is 0 Å². The largest absolute Gasteiger partial charge is 0.505 e. The number of rotatable bonds is 9. The van der Waals surface area contributed by atoms with Crippen LogP contribution in [-0.2, 0) is 19.1 Å². The van der Waals surface area contributed by atoms with Gasteiger partial charge in [-0.3, -0.25) is 9.36 Å². The number of allylic oxidation sites excluding steroid dienone is 1. The Kier molecular flexibility index (Phi) is 9.42. The van der Waals surface area contributed by atoms with Crippen molar-refractivity contribution in [3.63, 3.8) is 0 Å². The maximum absolute atomic E-state index is 13.8. The molecule has 4 rings (SSSR count). The lowest BCUT2D eigenvalue weighted by atomic mass is 9.95. The summed E-state index contributed by atoms with van der Waals surface area (Å²) in [5.74, 6) is -0.849. The van der Waals surface area contributed by atoms with E-state index in [2.05, 4.69) is 9.73 Å². The molecular formula is C28H26Cl2N2O8S. The van der Waals surface area contributed by atoms with Gasteiger partial charge in [0.05, 0.1) is 52.2 Å². The van der Waals surface area contributed by atoms with Crippen molar-refractivity contribution in [2.24, 2.45) is 4.99 Å². The van der Waals surface area contributed by atoms with Gasteiger partial charge in [-0.1, -0.05) is 40.6 Å². The van der Waals surface area contributed by atoms with Crippen molar-refractivity contribution in [3.8, 4) is 17.2 Å². The van der Waals surface area contributed by atoms with Gasteiger partial charge in [-0.2, -0.15) is 0 Å². The van der Waals surface area contributed by atoms with Crippen LogP contribution in [0.1, 0.15) is 37.9 Å². The highest BCUT2D eigenvalue weighted by Gasteiger charge is 2.34. The number of benzene rings is 2. The molecule has 0 fully saturated rings. The van der Waals surface area contributed by atoms with E-state index < -0.39 is 23.5 Å². The van der Waals surface area contributed by atoms with Gasteiger partial charge >= 0.3 is 11.9 Å². The Balaban J connectivity index is 1.91. The van der Waals surface area contributed by atoms with Gasteiger partial charge in [0.15, 0.2) is 28.7 Å². The molecule has 0 unspecified atom stereocenters. The first-order chi connectivity index (χ1) is 19.6. The third-order valence-corrected chi connectivity index (χ3v) is 7.57. The molecule has 2 heterocycles. The van der Waals surface area contributed by atoms with Gasteiger partial charge in [0.2, 0.25) is 0 Å². The summed E-state index contributed by atoms with van der Waals surface area (Å²) in [6.45, 7) is 5.23. The smallest absolute Gasteiger partial charge is 0.343 e. The molecule has 1 aromatic heterocycles. The van der Waals surface area contributed by atoms with Crippen LogP contribution in [0.3, 0.4) is 0 Å². The van der Waals surface area contributed by atoms with Crippen LogP contribution >= 0.6 is 34.5 Å². The molecule has 1 atom stereocenters. The predicted octanol–water partition coefficient (Wildman–Crippen LogP) is 3.76. The molecule has 216 valence electrons. The number of aromatic nitrogens is 1. The number of phenols is 1. The normalized spacial score (nSPS) is 14.8. The van der Waals surface area contributed by atoms with Crippen molar-refractivity contribution in [2.75, 3.05) is 26.9 Å². The average Bonchev–Trinajstić information content (AvgIpc) is 3.24. The molecule has 0 radical (unpaired) electrons. The maximum Gasteiger partial charge on any atom is 0.343 e. The first-order valence-electron chi connectivity index (χ1n) is 12.4. The highest BCUT2D eigenvalue weighted by atomic mass is 35.5. The molecule has 41 heavy (non-hydrogen) atoms. The first-order valence-corrected chi connectivity index (χ1v) is 14.0. The molecule has 1 aliphatic heterocycles. The SMILES string of the molecule is CCOC(=O)C1=C(C)N=c2s/c(=C\c3cc(Cl)c(O)c(Cl)c3)c(=O)n2[C@@H]1c1ccc(OCC(=O)OC)c(OCC)c1. The van der Waals surface area contributed by atoms with Crippen LogP contribution in [0.25, 0.3) is 6.08 Å². The highest BCUT2D eigenvalue weighted by Crippen LogP contribution is 2.37. The zero-order chi connectivity index (χ0) is 29.8. The minimum atomic E-state index is -0.909. The summed E-state index contributed by atoms with van der Waals surface area (Å²) in [5.41, 5.74) is 1.18. The number of nitrogens with zero attached hydrogens (tertiary/aromatic N) is 2. The molecule has 0 bridgehead atoms. The number of fused-ring (bicyclic) bond motifs is 1. The standard InChI is InChI=1S/C28H26Cl2N2O8S/c1-5-38-20-12-16(7-8-19(20)40-13-22(33)37-4)24-23(27(36)39-6-2)14(3)31-28-32(24)26(35)21(41-28)11-15-9-17(29)25(34)18(30)10-15/h7-12,24,34H,5-6,13H2,1-4H3/b21-11-/t24-/m1/s1. The van der Waals surface area contributed by atoms with Crippen LogP contribution in [0.5, 0.6) is 17.2 Å². The molecule has 0 saturated heterocycles. The molecule has 0 spiro atoms. The molecule has 2 aromatic carbocycles. The van der Waals surface area contributed by atoms with Gasteiger partial charge in [-0.25, -0.2) is 14.6 Å². The summed E-state index contributed by atoms with van der Waals surface area (Å²) in [6, 6.07) is 6.97. The van der Waals surface area contributed by atoms with Crippen molar-refractivity contribution >= 4 is 52.6 Å². The Labute approximate surface area is 248 Å². The summed E-state index contributed by atoms with van der Waals surface area (Å²) in [5, 5.41) is 9.97. The second-order valence-corrected chi connectivity index (χ2v) is 10.5. The Bertz CT molecular complexity index is 1700. The monoisotopic (exact) mass is 620 g/mol. The molecule has 0 saturated carbocycles. The number of hydrogen-bond acceptors (Lipinski definition) is 10. The van der Waals surface area contributed by atoms with Crippen molar-refractivity contribution < 1.29 is 33.6 Å². The molecule has 13 heteroatoms. The third-order valence-electron chi connectivity index (χ3n) is 6.01. The number of esters is 2. The van der Waals surface area contributed by atoms with Gasteiger partial charge in [0, 0.05) is 0 Å². The maximum atomic E-state index is 13.8. The van der Waals surface area contributed by atoms with E-state index in [9.17, 15) is 19.5 Å². The molecule has 0 aliphatic carbocycles. The van der Waals surface area contributed by atoms with Crippen LogP contribution < -0.4 is 24.4 Å². The quantitative estimate of drug-likeness (QED) is 0.358. The number of thiazole rings is 1.